The highest BCUT2D eigenvalue weighted by molar-refractivity contribution is 7.80. The van der Waals surface area contributed by atoms with Crippen molar-refractivity contribution in [3.63, 3.8) is 0 Å². The molecule has 4 N–H and O–H groups in total. The first-order chi connectivity index (χ1) is 8.24. The minimum atomic E-state index is 0.209. The van der Waals surface area contributed by atoms with E-state index in [-0.39, 0.29) is 6.17 Å². The summed E-state index contributed by atoms with van der Waals surface area (Å²) in [5.41, 5.74) is 7.52. The average Bonchev–Trinajstić information content (AvgIpc) is 2.73. The highest BCUT2D eigenvalue weighted by Gasteiger charge is 2.19. The second-order valence-corrected chi connectivity index (χ2v) is 4.70. The van der Waals surface area contributed by atoms with E-state index in [0.717, 1.165) is 13.0 Å². The molecule has 0 bridgehead atoms. The second-order valence-electron chi connectivity index (χ2n) is 4.29. The van der Waals surface area contributed by atoms with Crippen LogP contribution in [0.15, 0.2) is 30.3 Å². The Bertz CT molecular complexity index is 368. The van der Waals surface area contributed by atoms with Crippen molar-refractivity contribution in [2.24, 2.45) is 0 Å². The van der Waals surface area contributed by atoms with Crippen molar-refractivity contribution in [1.29, 1.82) is 0 Å². The minimum absolute atomic E-state index is 0.209. The predicted molar refractivity (Wildman–Crippen MR) is 73.2 cm³/mol. The van der Waals surface area contributed by atoms with Crippen LogP contribution in [0.1, 0.15) is 18.9 Å². The van der Waals surface area contributed by atoms with Crippen molar-refractivity contribution in [2.75, 3.05) is 0 Å². The molecule has 0 saturated carbocycles. The van der Waals surface area contributed by atoms with E-state index in [9.17, 15) is 0 Å². The van der Waals surface area contributed by atoms with Crippen molar-refractivity contribution in [3.05, 3.63) is 35.9 Å². The molecule has 1 aromatic rings. The summed E-state index contributed by atoms with van der Waals surface area (Å²) < 4.78 is 0. The number of rotatable bonds is 3. The molecule has 1 heterocycles. The Kier molecular flexibility index (Phi) is 4.30. The Balaban J connectivity index is 1.71. The smallest absolute Gasteiger partial charge is 0.167 e. The first-order valence-electron chi connectivity index (χ1n) is 5.83. The lowest BCUT2D eigenvalue weighted by molar-refractivity contribution is 0.520. The monoisotopic (exact) mass is 250 g/mol. The fourth-order valence-electron chi connectivity index (χ4n) is 1.80. The zero-order chi connectivity index (χ0) is 12.1. The van der Waals surface area contributed by atoms with Gasteiger partial charge in [0.2, 0.25) is 0 Å². The summed E-state index contributed by atoms with van der Waals surface area (Å²) in [5.74, 6) is 0. The van der Waals surface area contributed by atoms with Crippen molar-refractivity contribution < 1.29 is 0 Å². The fourth-order valence-corrected chi connectivity index (χ4v) is 2.01. The van der Waals surface area contributed by atoms with Gasteiger partial charge in [-0.05, 0) is 31.1 Å². The van der Waals surface area contributed by atoms with Gasteiger partial charge in [-0.1, -0.05) is 30.3 Å². The van der Waals surface area contributed by atoms with E-state index in [1.165, 1.54) is 5.56 Å². The molecule has 0 amide bonds. The molecule has 5 heteroatoms. The van der Waals surface area contributed by atoms with Gasteiger partial charge in [-0.25, -0.2) is 5.43 Å². The second kappa shape index (κ2) is 5.95. The summed E-state index contributed by atoms with van der Waals surface area (Å²) in [7, 11) is 0. The molecule has 2 unspecified atom stereocenters. The van der Waals surface area contributed by atoms with Crippen LogP contribution >= 0.6 is 12.2 Å². The van der Waals surface area contributed by atoms with Gasteiger partial charge in [0.1, 0.15) is 0 Å². The van der Waals surface area contributed by atoms with Crippen molar-refractivity contribution >= 4 is 17.3 Å². The van der Waals surface area contributed by atoms with Gasteiger partial charge in [0.25, 0.3) is 0 Å². The van der Waals surface area contributed by atoms with Crippen LogP contribution in [0.3, 0.4) is 0 Å². The van der Waals surface area contributed by atoms with Gasteiger partial charge in [-0.15, -0.1) is 0 Å². The van der Waals surface area contributed by atoms with Crippen LogP contribution in [0, 0.1) is 0 Å². The predicted octanol–water partition coefficient (Wildman–Crippen LogP) is 0.863. The summed E-state index contributed by atoms with van der Waals surface area (Å²) in [4.78, 5) is 0. The van der Waals surface area contributed by atoms with Crippen LogP contribution < -0.4 is 21.5 Å². The van der Waals surface area contributed by atoms with Gasteiger partial charge in [0, 0.05) is 12.6 Å². The first-order valence-corrected chi connectivity index (χ1v) is 6.24. The molecule has 1 aromatic carbocycles. The molecule has 1 saturated heterocycles. The summed E-state index contributed by atoms with van der Waals surface area (Å²) in [6.45, 7) is 2.89. The van der Waals surface area contributed by atoms with E-state index in [4.69, 9.17) is 12.2 Å². The molecule has 1 aliphatic heterocycles. The first kappa shape index (κ1) is 12.3. The molecule has 0 radical (unpaired) electrons. The molecule has 0 aliphatic carbocycles. The molecule has 1 fully saturated rings. The largest absolute Gasteiger partial charge is 0.359 e. The number of thiocarbonyl (C=S) groups is 1. The van der Waals surface area contributed by atoms with E-state index >= 15 is 0 Å². The lowest BCUT2D eigenvalue weighted by atomic mass is 10.2. The van der Waals surface area contributed by atoms with Crippen molar-refractivity contribution in [3.8, 4) is 0 Å². The third-order valence-electron chi connectivity index (χ3n) is 2.69. The van der Waals surface area contributed by atoms with Crippen LogP contribution in [0.5, 0.6) is 0 Å². The zero-order valence-corrected chi connectivity index (χ0v) is 10.7. The van der Waals surface area contributed by atoms with Crippen LogP contribution in [0.25, 0.3) is 0 Å². The highest BCUT2D eigenvalue weighted by Crippen LogP contribution is 2.01. The Labute approximate surface area is 107 Å². The third-order valence-corrected chi connectivity index (χ3v) is 2.96. The highest BCUT2D eigenvalue weighted by atomic mass is 32.1. The van der Waals surface area contributed by atoms with Crippen molar-refractivity contribution in [2.45, 2.75) is 32.1 Å². The average molecular weight is 250 g/mol. The molecule has 0 spiro atoms. The maximum absolute atomic E-state index is 5.24. The zero-order valence-electron chi connectivity index (χ0n) is 9.86. The summed E-state index contributed by atoms with van der Waals surface area (Å²) >= 11 is 5.24. The summed E-state index contributed by atoms with van der Waals surface area (Å²) in [6.07, 6.45) is 1.23. The molecular weight excluding hydrogens is 232 g/mol. The normalized spacial score (nSPS) is 23.4. The van der Waals surface area contributed by atoms with E-state index in [1.54, 1.807) is 0 Å². The number of benzene rings is 1. The number of hydrazine groups is 1. The van der Waals surface area contributed by atoms with E-state index < -0.39 is 0 Å². The molecule has 0 aromatic heterocycles. The van der Waals surface area contributed by atoms with E-state index in [2.05, 4.69) is 40.5 Å². The molecule has 2 rings (SSSR count). The molecule has 4 nitrogen and oxygen atoms in total. The summed E-state index contributed by atoms with van der Waals surface area (Å²) in [5, 5.41) is 7.10. The maximum atomic E-state index is 5.24. The van der Waals surface area contributed by atoms with Crippen molar-refractivity contribution in [1.82, 2.24) is 21.5 Å². The number of hydrogen-bond acceptors (Lipinski definition) is 3. The van der Waals surface area contributed by atoms with Gasteiger partial charge in [-0.2, -0.15) is 0 Å². The van der Waals surface area contributed by atoms with Crippen LogP contribution in [0.2, 0.25) is 0 Å². The molecule has 1 aliphatic rings. The van der Waals surface area contributed by atoms with Gasteiger partial charge >= 0.3 is 0 Å². The van der Waals surface area contributed by atoms with Gasteiger partial charge < -0.3 is 10.6 Å². The maximum Gasteiger partial charge on any atom is 0.167 e. The van der Waals surface area contributed by atoms with Gasteiger partial charge in [-0.3, -0.25) is 5.43 Å². The van der Waals surface area contributed by atoms with E-state index in [0.29, 0.717) is 11.2 Å². The minimum Gasteiger partial charge on any atom is -0.359 e. The SMILES string of the molecule is CC1CC(NC(=S)NCc2ccccc2)NN1. The Hall–Kier alpha value is -1.17. The molecule has 92 valence electrons. The standard InChI is InChI=1S/C12H18N4S/c1-9-7-11(16-15-9)14-12(17)13-8-10-5-3-2-4-6-10/h2-6,9,11,15-16H,7-8H2,1H3,(H2,13,14,17). The van der Waals surface area contributed by atoms with Gasteiger partial charge in [0.15, 0.2) is 5.11 Å². The number of hydrogen-bond donors (Lipinski definition) is 4. The Morgan fingerprint density at radius 3 is 2.76 bits per heavy atom. The summed E-state index contributed by atoms with van der Waals surface area (Å²) in [6, 6.07) is 10.7. The lowest BCUT2D eigenvalue weighted by Gasteiger charge is -2.15. The third kappa shape index (κ3) is 3.96. The van der Waals surface area contributed by atoms with Crippen LogP contribution in [0.4, 0.5) is 0 Å². The lowest BCUT2D eigenvalue weighted by Crippen LogP contribution is -2.47. The topological polar surface area (TPSA) is 48.1 Å². The quantitative estimate of drug-likeness (QED) is 0.600. The van der Waals surface area contributed by atoms with Crippen LogP contribution in [-0.4, -0.2) is 17.3 Å². The molecule has 2 atom stereocenters. The fraction of sp³-hybridized carbons (Fsp3) is 0.417. The Morgan fingerprint density at radius 1 is 1.35 bits per heavy atom. The molecular formula is C12H18N4S. The van der Waals surface area contributed by atoms with E-state index in [1.807, 2.05) is 18.2 Å². The van der Waals surface area contributed by atoms with Gasteiger partial charge in [0.05, 0.1) is 6.17 Å². The Morgan fingerprint density at radius 2 is 2.12 bits per heavy atom. The van der Waals surface area contributed by atoms with Crippen LogP contribution in [-0.2, 0) is 6.54 Å². The number of nitrogens with one attached hydrogen (secondary N) is 4. The molecule has 17 heavy (non-hydrogen) atoms.